The smallest absolute Gasteiger partial charge is 0.307 e. The van der Waals surface area contributed by atoms with Crippen LogP contribution < -0.4 is 0 Å². The lowest BCUT2D eigenvalue weighted by Gasteiger charge is -2.37. The van der Waals surface area contributed by atoms with Crippen LogP contribution in [-0.2, 0) is 30.8 Å². The van der Waals surface area contributed by atoms with E-state index in [2.05, 4.69) is 0 Å². The second kappa shape index (κ2) is 14.2. The van der Waals surface area contributed by atoms with Gasteiger partial charge in [-0.1, -0.05) is 99.1 Å². The molecule has 1 heterocycles. The maximum absolute atomic E-state index is 14.3. The monoisotopic (exact) mass is 637 g/mol. The van der Waals surface area contributed by atoms with Crippen LogP contribution in [0.3, 0.4) is 0 Å². The lowest BCUT2D eigenvalue weighted by atomic mass is 9.87. The van der Waals surface area contributed by atoms with Crippen LogP contribution in [0.4, 0.5) is 0 Å². The topological polar surface area (TPSA) is 101 Å². The zero-order valence-corrected chi connectivity index (χ0v) is 27.1. The summed E-state index contributed by atoms with van der Waals surface area (Å²) in [5.74, 6) is -2.02. The summed E-state index contributed by atoms with van der Waals surface area (Å²) < 4.78 is 36.3. The zero-order chi connectivity index (χ0) is 32.1. The van der Waals surface area contributed by atoms with Crippen molar-refractivity contribution in [2.45, 2.75) is 63.9 Å². The molecule has 0 saturated carbocycles. The second-order valence-electron chi connectivity index (χ2n) is 12.4. The predicted molar refractivity (Wildman–Crippen MR) is 172 cm³/mol. The Morgan fingerprint density at radius 1 is 0.977 bits per heavy atom. The molecular formula is C35H40ClNO6S. The lowest BCUT2D eigenvalue weighted by Crippen LogP contribution is -2.45. The van der Waals surface area contributed by atoms with Gasteiger partial charge in [-0.05, 0) is 59.2 Å². The summed E-state index contributed by atoms with van der Waals surface area (Å²) in [6, 6.07) is 22.2. The fraction of sp³-hybridized carbons (Fsp3) is 0.371. The number of sulfonamides is 1. The zero-order valence-electron chi connectivity index (χ0n) is 25.6. The molecule has 3 atom stereocenters. The van der Waals surface area contributed by atoms with Gasteiger partial charge >= 0.3 is 5.97 Å². The van der Waals surface area contributed by atoms with Crippen LogP contribution in [0.25, 0.3) is 0 Å². The van der Waals surface area contributed by atoms with Crippen LogP contribution in [0.2, 0.25) is 5.02 Å². The summed E-state index contributed by atoms with van der Waals surface area (Å²) in [6.07, 6.45) is 2.22. The molecule has 0 spiro atoms. The SMILES string of the molecule is Cc1ccccc1S(=O)(=O)N1[C@@H](c2ccc(Cl)cc2)C(COCCC(=O)C[C@@H](Cc2ccccc2)C(=O)O)=C[C@H]1C(C)(C)C. The molecule has 0 radical (unpaired) electrons. The van der Waals surface area contributed by atoms with Gasteiger partial charge in [-0.15, -0.1) is 0 Å². The van der Waals surface area contributed by atoms with E-state index in [9.17, 15) is 23.1 Å². The number of halogens is 1. The number of benzene rings is 3. The fourth-order valence-corrected chi connectivity index (χ4v) is 7.89. The van der Waals surface area contributed by atoms with Crippen LogP contribution in [0.5, 0.6) is 0 Å². The highest BCUT2D eigenvalue weighted by Crippen LogP contribution is 2.46. The van der Waals surface area contributed by atoms with Crippen molar-refractivity contribution in [1.82, 2.24) is 4.31 Å². The van der Waals surface area contributed by atoms with E-state index in [1.165, 1.54) is 0 Å². The number of ether oxygens (including phenoxy) is 1. The van der Waals surface area contributed by atoms with Crippen molar-refractivity contribution in [3.8, 4) is 0 Å². The number of aryl methyl sites for hydroxylation is 1. The number of rotatable bonds is 13. The van der Waals surface area contributed by atoms with E-state index < -0.39 is 39.4 Å². The van der Waals surface area contributed by atoms with E-state index in [-0.39, 0.29) is 43.2 Å². The first-order chi connectivity index (χ1) is 20.8. The fourth-order valence-electron chi connectivity index (χ4n) is 5.60. The van der Waals surface area contributed by atoms with E-state index in [0.717, 1.165) is 16.7 Å². The van der Waals surface area contributed by atoms with Crippen molar-refractivity contribution in [2.24, 2.45) is 11.3 Å². The molecule has 0 aromatic heterocycles. The highest BCUT2D eigenvalue weighted by Gasteiger charge is 2.48. The Labute approximate surface area is 265 Å². The summed E-state index contributed by atoms with van der Waals surface area (Å²) in [6.45, 7) is 8.00. The molecule has 0 amide bonds. The molecule has 1 N–H and O–H groups in total. The Kier molecular flexibility index (Phi) is 10.8. The van der Waals surface area contributed by atoms with E-state index in [1.54, 1.807) is 41.6 Å². The standard InChI is InChI=1S/C35H40ClNO6S/c1-24-10-8-9-13-31(24)44(41,42)37-32(35(2,3)4)22-28(33(37)26-14-16-29(36)17-15-26)23-43-19-18-30(38)21-27(34(39)40)20-25-11-6-5-7-12-25/h5-17,22,27,32-33H,18-21,23H2,1-4H3,(H,39,40)/t27-,32+,33+/m1/s1. The number of carboxylic acid groups (broad SMARTS) is 1. The predicted octanol–water partition coefficient (Wildman–Crippen LogP) is 7.04. The van der Waals surface area contributed by atoms with Crippen molar-refractivity contribution < 1.29 is 27.9 Å². The van der Waals surface area contributed by atoms with Crippen molar-refractivity contribution in [3.05, 3.63) is 112 Å². The molecule has 0 bridgehead atoms. The Balaban J connectivity index is 1.53. The number of hydrogen-bond acceptors (Lipinski definition) is 5. The lowest BCUT2D eigenvalue weighted by molar-refractivity contribution is -0.143. The Morgan fingerprint density at radius 3 is 2.23 bits per heavy atom. The number of ketones is 1. The van der Waals surface area contributed by atoms with Gasteiger partial charge in [-0.3, -0.25) is 9.59 Å². The molecule has 44 heavy (non-hydrogen) atoms. The van der Waals surface area contributed by atoms with Crippen LogP contribution in [0, 0.1) is 18.3 Å². The maximum Gasteiger partial charge on any atom is 0.307 e. The number of Topliss-reactive ketones (excluding diaryl/α,β-unsaturated/α-hetero) is 1. The summed E-state index contributed by atoms with van der Waals surface area (Å²) in [7, 11) is -3.95. The minimum atomic E-state index is -3.95. The molecule has 3 aromatic carbocycles. The minimum Gasteiger partial charge on any atom is -0.481 e. The van der Waals surface area contributed by atoms with Gasteiger partial charge in [0.1, 0.15) is 5.78 Å². The van der Waals surface area contributed by atoms with Gasteiger partial charge in [-0.25, -0.2) is 8.42 Å². The molecule has 9 heteroatoms. The maximum atomic E-state index is 14.3. The molecule has 0 aliphatic carbocycles. The first-order valence-corrected chi connectivity index (χ1v) is 16.5. The average Bonchev–Trinajstić information content (AvgIpc) is 3.37. The summed E-state index contributed by atoms with van der Waals surface area (Å²) in [4.78, 5) is 24.8. The molecule has 1 aliphatic heterocycles. The number of aliphatic carboxylic acids is 1. The van der Waals surface area contributed by atoms with Gasteiger partial charge < -0.3 is 9.84 Å². The Morgan fingerprint density at radius 2 is 1.61 bits per heavy atom. The van der Waals surface area contributed by atoms with Gasteiger partial charge in [-0.2, -0.15) is 4.31 Å². The quantitative estimate of drug-likeness (QED) is 0.159. The molecule has 4 rings (SSSR count). The van der Waals surface area contributed by atoms with E-state index in [1.807, 2.05) is 75.4 Å². The van der Waals surface area contributed by atoms with Crippen LogP contribution in [-0.4, -0.2) is 48.8 Å². The molecular weight excluding hydrogens is 598 g/mol. The van der Waals surface area contributed by atoms with Crippen LogP contribution >= 0.6 is 11.6 Å². The van der Waals surface area contributed by atoms with Crippen LogP contribution in [0.15, 0.2) is 95.4 Å². The molecule has 0 fully saturated rings. The average molecular weight is 638 g/mol. The van der Waals surface area contributed by atoms with Crippen LogP contribution in [0.1, 0.15) is 56.3 Å². The van der Waals surface area contributed by atoms with E-state index in [4.69, 9.17) is 16.3 Å². The minimum absolute atomic E-state index is 0.0609. The first kappa shape index (κ1) is 33.6. The third-order valence-electron chi connectivity index (χ3n) is 7.92. The molecule has 7 nitrogen and oxygen atoms in total. The summed E-state index contributed by atoms with van der Waals surface area (Å²) >= 11 is 6.19. The Bertz CT molecular complexity index is 1600. The highest BCUT2D eigenvalue weighted by atomic mass is 35.5. The number of carbonyl (C=O) groups excluding carboxylic acids is 1. The van der Waals surface area contributed by atoms with Crippen molar-refractivity contribution in [2.75, 3.05) is 13.2 Å². The normalized spacial score (nSPS) is 18.2. The van der Waals surface area contributed by atoms with Gasteiger partial charge in [0.05, 0.1) is 30.1 Å². The molecule has 0 unspecified atom stereocenters. The Hall–Kier alpha value is -3.30. The number of hydrogen-bond donors (Lipinski definition) is 1. The number of carbonyl (C=O) groups is 2. The van der Waals surface area contributed by atoms with Crippen molar-refractivity contribution >= 4 is 33.4 Å². The number of carboxylic acids is 1. The number of nitrogens with zero attached hydrogens (tertiary/aromatic N) is 1. The highest BCUT2D eigenvalue weighted by molar-refractivity contribution is 7.89. The third-order valence-corrected chi connectivity index (χ3v) is 10.2. The summed E-state index contributed by atoms with van der Waals surface area (Å²) in [5, 5.41) is 10.2. The van der Waals surface area contributed by atoms with Crippen molar-refractivity contribution in [1.29, 1.82) is 0 Å². The van der Waals surface area contributed by atoms with Gasteiger partial charge in [0.2, 0.25) is 10.0 Å². The van der Waals surface area contributed by atoms with E-state index >= 15 is 0 Å². The van der Waals surface area contributed by atoms with Gasteiger partial charge in [0.15, 0.2) is 0 Å². The molecule has 1 aliphatic rings. The van der Waals surface area contributed by atoms with Gasteiger partial charge in [0.25, 0.3) is 0 Å². The third kappa shape index (κ3) is 8.04. The second-order valence-corrected chi connectivity index (χ2v) is 14.6. The van der Waals surface area contributed by atoms with Crippen molar-refractivity contribution in [3.63, 3.8) is 0 Å². The van der Waals surface area contributed by atoms with Gasteiger partial charge in [0, 0.05) is 23.9 Å². The molecule has 0 saturated heterocycles. The molecule has 3 aromatic rings. The molecule has 234 valence electrons. The summed E-state index contributed by atoms with van der Waals surface area (Å²) in [5.41, 5.74) is 2.61. The first-order valence-electron chi connectivity index (χ1n) is 14.7. The van der Waals surface area contributed by atoms with E-state index in [0.29, 0.717) is 10.6 Å². The largest absolute Gasteiger partial charge is 0.481 e.